The Hall–Kier alpha value is -1.58. The summed E-state index contributed by atoms with van der Waals surface area (Å²) in [5, 5.41) is 2.85. The van der Waals surface area contributed by atoms with E-state index in [1.54, 1.807) is 0 Å². The first-order valence-electron chi connectivity index (χ1n) is 6.57. The van der Waals surface area contributed by atoms with E-state index in [-0.39, 0.29) is 17.7 Å². The average molecular weight is 248 g/mol. The highest BCUT2D eigenvalue weighted by Crippen LogP contribution is 2.21. The molecule has 0 aromatic carbocycles. The second-order valence-corrected chi connectivity index (χ2v) is 5.22. The number of hydrogen-bond donors (Lipinski definition) is 1. The number of rotatable bonds is 3. The predicted molar refractivity (Wildman–Crippen MR) is 69.6 cm³/mol. The number of aromatic nitrogens is 1. The quantitative estimate of drug-likeness (QED) is 0.831. The summed E-state index contributed by atoms with van der Waals surface area (Å²) in [7, 11) is 0. The number of nitrogens with one attached hydrogen (secondary N) is 1. The third kappa shape index (κ3) is 3.00. The van der Waals surface area contributed by atoms with Gasteiger partial charge in [0.1, 0.15) is 6.54 Å². The Kier molecular flexibility index (Phi) is 3.84. The largest absolute Gasteiger partial charge is 0.352 e. The summed E-state index contributed by atoms with van der Waals surface area (Å²) < 4.78 is 1.82. The maximum Gasteiger partial charge on any atom is 0.240 e. The molecule has 1 aliphatic carbocycles. The van der Waals surface area contributed by atoms with Gasteiger partial charge in [-0.05, 0) is 38.7 Å². The fourth-order valence-corrected chi connectivity index (χ4v) is 2.37. The van der Waals surface area contributed by atoms with Gasteiger partial charge in [0.25, 0.3) is 0 Å². The summed E-state index contributed by atoms with van der Waals surface area (Å²) in [5.41, 5.74) is 1.90. The van der Waals surface area contributed by atoms with Crippen LogP contribution in [0.4, 0.5) is 0 Å². The lowest BCUT2D eigenvalue weighted by Crippen LogP contribution is -2.32. The summed E-state index contributed by atoms with van der Waals surface area (Å²) in [5.74, 6) is 0.202. The minimum absolute atomic E-state index is 0.0115. The predicted octanol–water partition coefficient (Wildman–Crippen LogP) is 1.92. The zero-order valence-electron chi connectivity index (χ0n) is 11.0. The van der Waals surface area contributed by atoms with Crippen LogP contribution in [0.15, 0.2) is 12.4 Å². The second-order valence-electron chi connectivity index (χ2n) is 5.22. The van der Waals surface area contributed by atoms with Crippen LogP contribution in [0, 0.1) is 0 Å². The van der Waals surface area contributed by atoms with Crippen LogP contribution in [0.5, 0.6) is 0 Å². The first-order valence-corrected chi connectivity index (χ1v) is 6.57. The van der Waals surface area contributed by atoms with Crippen LogP contribution in [0.25, 0.3) is 0 Å². The molecule has 4 heteroatoms. The lowest BCUT2D eigenvalue weighted by molar-refractivity contribution is -0.122. The van der Waals surface area contributed by atoms with Gasteiger partial charge in [-0.25, -0.2) is 0 Å². The van der Waals surface area contributed by atoms with E-state index in [1.807, 2.05) is 30.8 Å². The number of nitrogens with zero attached hydrogens (tertiary/aromatic N) is 1. The molecule has 0 unspecified atom stereocenters. The van der Waals surface area contributed by atoms with E-state index in [0.29, 0.717) is 13.0 Å². The van der Waals surface area contributed by atoms with Gasteiger partial charge >= 0.3 is 0 Å². The molecule has 4 nitrogen and oxygen atoms in total. The topological polar surface area (TPSA) is 51.1 Å². The maximum absolute atomic E-state index is 11.9. The number of hydrogen-bond acceptors (Lipinski definition) is 2. The molecule has 0 aliphatic heterocycles. The van der Waals surface area contributed by atoms with E-state index < -0.39 is 0 Å². The molecular weight excluding hydrogens is 228 g/mol. The van der Waals surface area contributed by atoms with Crippen LogP contribution < -0.4 is 5.32 Å². The lowest BCUT2D eigenvalue weighted by atomic mass is 10.1. The highest BCUT2D eigenvalue weighted by Gasteiger charge is 2.18. The number of amides is 1. The Balaban J connectivity index is 2.10. The Morgan fingerprint density at radius 3 is 2.78 bits per heavy atom. The van der Waals surface area contributed by atoms with Gasteiger partial charge in [-0.1, -0.05) is 0 Å². The summed E-state index contributed by atoms with van der Waals surface area (Å²) in [6.07, 6.45) is 7.37. The van der Waals surface area contributed by atoms with Crippen LogP contribution in [-0.2, 0) is 17.8 Å². The molecule has 1 heterocycles. The summed E-state index contributed by atoms with van der Waals surface area (Å²) in [6, 6.07) is 0.146. The molecule has 0 atom stereocenters. The van der Waals surface area contributed by atoms with Crippen molar-refractivity contribution < 1.29 is 9.59 Å². The van der Waals surface area contributed by atoms with E-state index in [9.17, 15) is 9.59 Å². The fourth-order valence-electron chi connectivity index (χ4n) is 2.37. The van der Waals surface area contributed by atoms with Crippen LogP contribution in [-0.4, -0.2) is 22.3 Å². The van der Waals surface area contributed by atoms with Crippen LogP contribution in [0.1, 0.15) is 49.0 Å². The Bertz CT molecular complexity index is 460. The number of aryl methyl sites for hydroxylation is 1. The molecule has 1 aromatic heterocycles. The molecule has 1 aliphatic rings. The van der Waals surface area contributed by atoms with Crippen molar-refractivity contribution in [3.05, 3.63) is 23.5 Å². The van der Waals surface area contributed by atoms with Crippen molar-refractivity contribution in [2.75, 3.05) is 0 Å². The first-order chi connectivity index (χ1) is 8.56. The zero-order valence-corrected chi connectivity index (χ0v) is 11.0. The molecule has 0 fully saturated rings. The van der Waals surface area contributed by atoms with Crippen LogP contribution in [0.3, 0.4) is 0 Å². The average Bonchev–Trinajstić information content (AvgIpc) is 2.58. The molecule has 1 amide bonds. The van der Waals surface area contributed by atoms with Gasteiger partial charge in [0, 0.05) is 30.4 Å². The number of fused-ring (bicyclic) bond motifs is 1. The standard InChI is InChI=1S/C14H20N2O2/c1-10(2)15-14(18)9-16-7-11-5-3-4-6-13(17)12(11)8-16/h7-8,10H,3-6,9H2,1-2H3,(H,15,18). The third-order valence-corrected chi connectivity index (χ3v) is 3.14. The van der Waals surface area contributed by atoms with Gasteiger partial charge in [-0.2, -0.15) is 0 Å². The second kappa shape index (κ2) is 5.38. The van der Waals surface area contributed by atoms with Gasteiger partial charge < -0.3 is 9.88 Å². The first kappa shape index (κ1) is 12.9. The normalized spacial score (nSPS) is 15.4. The molecule has 0 radical (unpaired) electrons. The Morgan fingerprint density at radius 2 is 2.06 bits per heavy atom. The SMILES string of the molecule is CC(C)NC(=O)Cn1cc2c(c1)C(=O)CCCC2. The molecule has 1 aromatic rings. The van der Waals surface area contributed by atoms with Crippen molar-refractivity contribution in [1.82, 2.24) is 9.88 Å². The van der Waals surface area contributed by atoms with Crippen LogP contribution >= 0.6 is 0 Å². The minimum atomic E-state index is -0.0115. The third-order valence-electron chi connectivity index (χ3n) is 3.14. The Labute approximate surface area is 107 Å². The fraction of sp³-hybridized carbons (Fsp3) is 0.571. The lowest BCUT2D eigenvalue weighted by Gasteiger charge is -2.08. The molecular formula is C14H20N2O2. The summed E-state index contributed by atoms with van der Waals surface area (Å²) >= 11 is 0. The van der Waals surface area contributed by atoms with Gasteiger partial charge in [-0.15, -0.1) is 0 Å². The summed E-state index contributed by atoms with van der Waals surface area (Å²) in [4.78, 5) is 23.5. The van der Waals surface area contributed by atoms with E-state index in [2.05, 4.69) is 5.32 Å². The molecule has 1 N–H and O–H groups in total. The monoisotopic (exact) mass is 248 g/mol. The molecule has 0 saturated heterocycles. The van der Waals surface area contributed by atoms with E-state index in [4.69, 9.17) is 0 Å². The molecule has 0 saturated carbocycles. The smallest absolute Gasteiger partial charge is 0.240 e. The van der Waals surface area contributed by atoms with Gasteiger partial charge in [0.05, 0.1) is 0 Å². The molecule has 0 bridgehead atoms. The maximum atomic E-state index is 11.9. The van der Waals surface area contributed by atoms with Gasteiger partial charge in [0.15, 0.2) is 5.78 Å². The minimum Gasteiger partial charge on any atom is -0.352 e. The van der Waals surface area contributed by atoms with Crippen molar-refractivity contribution in [2.24, 2.45) is 0 Å². The van der Waals surface area contributed by atoms with Crippen molar-refractivity contribution in [3.8, 4) is 0 Å². The van der Waals surface area contributed by atoms with Gasteiger partial charge in [0.2, 0.25) is 5.91 Å². The Morgan fingerprint density at radius 1 is 1.33 bits per heavy atom. The van der Waals surface area contributed by atoms with Crippen molar-refractivity contribution in [2.45, 2.75) is 52.1 Å². The van der Waals surface area contributed by atoms with E-state index in [0.717, 1.165) is 30.4 Å². The number of carbonyl (C=O) groups excluding carboxylic acids is 2. The number of Topliss-reactive ketones (excluding diaryl/α,β-unsaturated/α-hetero) is 1. The van der Waals surface area contributed by atoms with Gasteiger partial charge in [-0.3, -0.25) is 9.59 Å². The van der Waals surface area contributed by atoms with Crippen LogP contribution in [0.2, 0.25) is 0 Å². The summed E-state index contributed by atoms with van der Waals surface area (Å²) in [6.45, 7) is 4.16. The highest BCUT2D eigenvalue weighted by molar-refractivity contribution is 5.97. The van der Waals surface area contributed by atoms with Crippen molar-refractivity contribution in [3.63, 3.8) is 0 Å². The number of ketones is 1. The highest BCUT2D eigenvalue weighted by atomic mass is 16.2. The molecule has 98 valence electrons. The zero-order chi connectivity index (χ0) is 13.1. The number of carbonyl (C=O) groups is 2. The van der Waals surface area contributed by atoms with Crippen molar-refractivity contribution >= 4 is 11.7 Å². The van der Waals surface area contributed by atoms with E-state index >= 15 is 0 Å². The molecule has 18 heavy (non-hydrogen) atoms. The van der Waals surface area contributed by atoms with E-state index in [1.165, 1.54) is 0 Å². The molecule has 2 rings (SSSR count). The van der Waals surface area contributed by atoms with Crippen molar-refractivity contribution in [1.29, 1.82) is 0 Å². The molecule has 0 spiro atoms.